The Bertz CT molecular complexity index is 421. The lowest BCUT2D eigenvalue weighted by molar-refractivity contribution is -0.150. The number of hydrogen-bond acceptors (Lipinski definition) is 5. The molecule has 2 rings (SSSR count). The zero-order valence-electron chi connectivity index (χ0n) is 10.1. The van der Waals surface area contributed by atoms with Gasteiger partial charge < -0.3 is 10.4 Å². The highest BCUT2D eigenvalue weighted by molar-refractivity contribution is 7.09. The van der Waals surface area contributed by atoms with Crippen LogP contribution in [-0.4, -0.2) is 26.5 Å². The maximum absolute atomic E-state index is 11.4. The lowest BCUT2D eigenvalue weighted by Gasteiger charge is -2.38. The minimum atomic E-state index is -0.726. The van der Waals surface area contributed by atoms with Crippen LogP contribution >= 0.6 is 11.5 Å². The second-order valence-corrected chi connectivity index (χ2v) is 5.56. The smallest absolute Gasteiger partial charge is 0.311 e. The molecule has 1 aromatic heterocycles. The molecule has 1 aliphatic carbocycles. The average molecular weight is 255 g/mol. The third-order valence-electron chi connectivity index (χ3n) is 3.52. The van der Waals surface area contributed by atoms with Gasteiger partial charge in [0.15, 0.2) is 0 Å². The minimum Gasteiger partial charge on any atom is -0.481 e. The van der Waals surface area contributed by atoms with Crippen molar-refractivity contribution in [1.29, 1.82) is 0 Å². The van der Waals surface area contributed by atoms with E-state index in [1.54, 1.807) is 0 Å². The van der Waals surface area contributed by atoms with Crippen LogP contribution in [0, 0.1) is 12.3 Å². The molecule has 0 aromatic carbocycles. The van der Waals surface area contributed by atoms with E-state index in [4.69, 9.17) is 0 Å². The van der Waals surface area contributed by atoms with Crippen molar-refractivity contribution in [2.24, 2.45) is 5.41 Å². The molecule has 0 spiro atoms. The molecule has 0 aliphatic heterocycles. The van der Waals surface area contributed by atoms with Crippen molar-refractivity contribution in [2.45, 2.75) is 45.6 Å². The monoisotopic (exact) mass is 255 g/mol. The number of rotatable bonds is 3. The largest absolute Gasteiger partial charge is 0.481 e. The number of aliphatic carboxylic acids is 1. The number of hydrogen-bond donors (Lipinski definition) is 2. The van der Waals surface area contributed by atoms with Crippen LogP contribution in [0.15, 0.2) is 0 Å². The average Bonchev–Trinajstić information content (AvgIpc) is 2.67. The van der Waals surface area contributed by atoms with Crippen molar-refractivity contribution in [3.63, 3.8) is 0 Å². The Morgan fingerprint density at radius 3 is 2.94 bits per heavy atom. The first-order valence-electron chi connectivity index (χ1n) is 5.82. The molecule has 0 saturated heterocycles. The highest BCUT2D eigenvalue weighted by Gasteiger charge is 2.43. The van der Waals surface area contributed by atoms with Crippen LogP contribution < -0.4 is 5.32 Å². The van der Waals surface area contributed by atoms with Gasteiger partial charge in [0.05, 0.1) is 5.41 Å². The summed E-state index contributed by atoms with van der Waals surface area (Å²) in [7, 11) is 0. The van der Waals surface area contributed by atoms with Crippen molar-refractivity contribution in [1.82, 2.24) is 9.36 Å². The molecule has 0 bridgehead atoms. The Labute approximate surface area is 104 Å². The third-order valence-corrected chi connectivity index (χ3v) is 4.26. The topological polar surface area (TPSA) is 75.1 Å². The summed E-state index contributed by atoms with van der Waals surface area (Å²) in [5.41, 5.74) is -0.697. The maximum atomic E-state index is 11.4. The van der Waals surface area contributed by atoms with E-state index in [1.165, 1.54) is 11.5 Å². The normalized spacial score (nSPS) is 28.9. The van der Waals surface area contributed by atoms with Crippen LogP contribution in [-0.2, 0) is 4.79 Å². The van der Waals surface area contributed by atoms with E-state index >= 15 is 0 Å². The number of aryl methyl sites for hydroxylation is 1. The minimum absolute atomic E-state index is 0.0545. The molecule has 2 unspecified atom stereocenters. The van der Waals surface area contributed by atoms with Gasteiger partial charge in [-0.15, -0.1) is 0 Å². The van der Waals surface area contributed by atoms with Crippen molar-refractivity contribution in [3.05, 3.63) is 5.82 Å². The first-order chi connectivity index (χ1) is 8.02. The number of nitrogens with zero attached hydrogens (tertiary/aromatic N) is 2. The van der Waals surface area contributed by atoms with Crippen molar-refractivity contribution in [3.8, 4) is 0 Å². The molecule has 0 radical (unpaired) electrons. The number of carboxylic acids is 1. The molecule has 1 aliphatic rings. The molecule has 94 valence electrons. The Morgan fingerprint density at radius 2 is 2.35 bits per heavy atom. The van der Waals surface area contributed by atoms with Gasteiger partial charge in [0.25, 0.3) is 0 Å². The lowest BCUT2D eigenvalue weighted by Crippen LogP contribution is -2.46. The number of aromatic nitrogens is 2. The predicted octanol–water partition coefficient (Wildman–Crippen LogP) is 2.29. The lowest BCUT2D eigenvalue weighted by atomic mass is 9.72. The Balaban J connectivity index is 2.14. The van der Waals surface area contributed by atoms with Crippen LogP contribution in [0.1, 0.15) is 38.4 Å². The molecule has 6 heteroatoms. The van der Waals surface area contributed by atoms with Crippen LogP contribution in [0.5, 0.6) is 0 Å². The summed E-state index contributed by atoms with van der Waals surface area (Å²) in [5, 5.41) is 13.3. The molecule has 2 N–H and O–H groups in total. The van der Waals surface area contributed by atoms with Gasteiger partial charge in [-0.1, -0.05) is 12.8 Å². The zero-order chi connectivity index (χ0) is 12.5. The Hall–Kier alpha value is -1.17. The SMILES string of the molecule is Cc1nsc(NC2CCCCC2(C)C(=O)O)n1. The molecule has 17 heavy (non-hydrogen) atoms. The van der Waals surface area contributed by atoms with Crippen LogP contribution in [0.25, 0.3) is 0 Å². The van der Waals surface area contributed by atoms with Crippen LogP contribution in [0.2, 0.25) is 0 Å². The van der Waals surface area contributed by atoms with Crippen molar-refractivity contribution in [2.75, 3.05) is 5.32 Å². The van der Waals surface area contributed by atoms with Gasteiger partial charge in [0.2, 0.25) is 5.13 Å². The van der Waals surface area contributed by atoms with Crippen LogP contribution in [0.3, 0.4) is 0 Å². The number of carboxylic acid groups (broad SMARTS) is 1. The number of carbonyl (C=O) groups is 1. The summed E-state index contributed by atoms with van der Waals surface area (Å²) in [4.78, 5) is 15.6. The fraction of sp³-hybridized carbons (Fsp3) is 0.727. The fourth-order valence-electron chi connectivity index (χ4n) is 2.33. The molecule has 2 atom stereocenters. The summed E-state index contributed by atoms with van der Waals surface area (Å²) in [6, 6.07) is -0.0545. The third kappa shape index (κ3) is 2.41. The standard InChI is InChI=1S/C11H17N3O2S/c1-7-12-10(17-14-7)13-8-5-3-4-6-11(8,2)9(15)16/h8H,3-6H2,1-2H3,(H,15,16)(H,12,13,14). The van der Waals surface area contributed by atoms with Crippen LogP contribution in [0.4, 0.5) is 5.13 Å². The van der Waals surface area contributed by atoms with Gasteiger partial charge in [-0.3, -0.25) is 4.79 Å². The second kappa shape index (κ2) is 4.60. The zero-order valence-corrected chi connectivity index (χ0v) is 10.9. The second-order valence-electron chi connectivity index (χ2n) is 4.81. The molecule has 0 amide bonds. The van der Waals surface area contributed by atoms with Gasteiger partial charge in [-0.05, 0) is 26.7 Å². The molecule has 1 fully saturated rings. The summed E-state index contributed by atoms with van der Waals surface area (Å²) in [6.07, 6.45) is 3.65. The van der Waals surface area contributed by atoms with Gasteiger partial charge in [-0.2, -0.15) is 4.37 Å². The quantitative estimate of drug-likeness (QED) is 0.866. The summed E-state index contributed by atoms with van der Waals surface area (Å²) < 4.78 is 4.10. The molecule has 1 aromatic rings. The first-order valence-corrected chi connectivity index (χ1v) is 6.60. The van der Waals surface area contributed by atoms with Crippen molar-refractivity contribution < 1.29 is 9.90 Å². The highest BCUT2D eigenvalue weighted by atomic mass is 32.1. The van der Waals surface area contributed by atoms with E-state index in [-0.39, 0.29) is 6.04 Å². The Morgan fingerprint density at radius 1 is 1.59 bits per heavy atom. The maximum Gasteiger partial charge on any atom is 0.311 e. The molecule has 5 nitrogen and oxygen atoms in total. The predicted molar refractivity (Wildman–Crippen MR) is 66.3 cm³/mol. The summed E-state index contributed by atoms with van der Waals surface area (Å²) in [5.74, 6) is 0.00118. The van der Waals surface area contributed by atoms with E-state index in [0.29, 0.717) is 0 Å². The first kappa shape index (κ1) is 12.3. The van der Waals surface area contributed by atoms with E-state index in [0.717, 1.165) is 36.6 Å². The molecular formula is C11H17N3O2S. The summed E-state index contributed by atoms with van der Waals surface area (Å²) in [6.45, 7) is 3.65. The molecule has 1 saturated carbocycles. The molecular weight excluding hydrogens is 238 g/mol. The number of anilines is 1. The van der Waals surface area contributed by atoms with Gasteiger partial charge in [0.1, 0.15) is 5.82 Å². The fourth-order valence-corrected chi connectivity index (χ4v) is 2.95. The van der Waals surface area contributed by atoms with E-state index in [1.807, 2.05) is 13.8 Å². The molecule has 1 heterocycles. The van der Waals surface area contributed by atoms with Crippen molar-refractivity contribution >= 4 is 22.6 Å². The van der Waals surface area contributed by atoms with Gasteiger partial charge >= 0.3 is 5.97 Å². The van der Waals surface area contributed by atoms with E-state index in [9.17, 15) is 9.90 Å². The Kier molecular flexibility index (Phi) is 3.33. The highest BCUT2D eigenvalue weighted by Crippen LogP contribution is 2.38. The summed E-state index contributed by atoms with van der Waals surface area (Å²) >= 11 is 1.29. The van der Waals surface area contributed by atoms with E-state index < -0.39 is 11.4 Å². The van der Waals surface area contributed by atoms with Gasteiger partial charge in [-0.25, -0.2) is 4.98 Å². The number of nitrogens with one attached hydrogen (secondary N) is 1. The van der Waals surface area contributed by atoms with E-state index in [2.05, 4.69) is 14.7 Å². The van der Waals surface area contributed by atoms with Gasteiger partial charge in [0, 0.05) is 17.6 Å².